The SMILES string of the molecule is Cc1ncc(CNCC2CC23CCNCC3)s1. The molecule has 2 fully saturated rings. The second kappa shape index (κ2) is 4.67. The molecule has 17 heavy (non-hydrogen) atoms. The zero-order valence-corrected chi connectivity index (χ0v) is 11.3. The molecule has 0 amide bonds. The summed E-state index contributed by atoms with van der Waals surface area (Å²) in [5.41, 5.74) is 0.710. The quantitative estimate of drug-likeness (QED) is 0.858. The first-order valence-corrected chi connectivity index (χ1v) is 7.43. The van der Waals surface area contributed by atoms with Crippen molar-refractivity contribution in [2.75, 3.05) is 19.6 Å². The number of hydrogen-bond donors (Lipinski definition) is 2. The molecule has 1 atom stereocenters. The molecule has 1 spiro atoms. The fraction of sp³-hybridized carbons (Fsp3) is 0.769. The topological polar surface area (TPSA) is 37.0 Å². The first-order chi connectivity index (χ1) is 8.28. The maximum atomic E-state index is 4.28. The van der Waals surface area contributed by atoms with Crippen LogP contribution in [0, 0.1) is 18.3 Å². The van der Waals surface area contributed by atoms with Crippen molar-refractivity contribution in [2.45, 2.75) is 32.7 Å². The van der Waals surface area contributed by atoms with E-state index in [4.69, 9.17) is 0 Å². The molecule has 1 aliphatic carbocycles. The highest BCUT2D eigenvalue weighted by Crippen LogP contribution is 2.58. The van der Waals surface area contributed by atoms with Crippen LogP contribution in [0.25, 0.3) is 0 Å². The zero-order valence-electron chi connectivity index (χ0n) is 10.5. The summed E-state index contributed by atoms with van der Waals surface area (Å²) in [7, 11) is 0. The van der Waals surface area contributed by atoms with Crippen molar-refractivity contribution in [3.8, 4) is 0 Å². The number of aryl methyl sites for hydroxylation is 1. The van der Waals surface area contributed by atoms with E-state index in [9.17, 15) is 0 Å². The molecule has 94 valence electrons. The van der Waals surface area contributed by atoms with E-state index in [0.717, 1.165) is 12.5 Å². The maximum Gasteiger partial charge on any atom is 0.0897 e. The fourth-order valence-corrected chi connectivity index (χ4v) is 3.88. The fourth-order valence-electron chi connectivity index (χ4n) is 3.11. The van der Waals surface area contributed by atoms with Gasteiger partial charge in [0.15, 0.2) is 0 Å². The molecule has 2 heterocycles. The van der Waals surface area contributed by atoms with E-state index >= 15 is 0 Å². The molecule has 1 aliphatic heterocycles. The molecule has 1 saturated heterocycles. The minimum Gasteiger partial charge on any atom is -0.317 e. The van der Waals surface area contributed by atoms with Crippen molar-refractivity contribution < 1.29 is 0 Å². The Bertz CT molecular complexity index is 382. The molecule has 0 aromatic carbocycles. The summed E-state index contributed by atoms with van der Waals surface area (Å²) in [5, 5.41) is 8.23. The summed E-state index contributed by atoms with van der Waals surface area (Å²) in [5.74, 6) is 0.929. The van der Waals surface area contributed by atoms with Crippen LogP contribution in [0.1, 0.15) is 29.1 Å². The van der Waals surface area contributed by atoms with Crippen LogP contribution in [-0.4, -0.2) is 24.6 Å². The van der Waals surface area contributed by atoms with Crippen molar-refractivity contribution >= 4 is 11.3 Å². The minimum absolute atomic E-state index is 0.710. The van der Waals surface area contributed by atoms with Crippen LogP contribution < -0.4 is 10.6 Å². The van der Waals surface area contributed by atoms with E-state index in [1.54, 1.807) is 11.3 Å². The lowest BCUT2D eigenvalue weighted by Crippen LogP contribution is -2.31. The van der Waals surface area contributed by atoms with Gasteiger partial charge in [0.05, 0.1) is 5.01 Å². The van der Waals surface area contributed by atoms with Gasteiger partial charge in [-0.3, -0.25) is 0 Å². The second-order valence-electron chi connectivity index (χ2n) is 5.49. The van der Waals surface area contributed by atoms with Crippen molar-refractivity contribution in [1.82, 2.24) is 15.6 Å². The highest BCUT2D eigenvalue weighted by Gasteiger charge is 2.52. The molecule has 2 N–H and O–H groups in total. The Labute approximate surface area is 107 Å². The van der Waals surface area contributed by atoms with Crippen LogP contribution in [-0.2, 0) is 6.54 Å². The molecule has 2 aliphatic rings. The number of rotatable bonds is 4. The van der Waals surface area contributed by atoms with Gasteiger partial charge < -0.3 is 10.6 Å². The number of piperidine rings is 1. The molecule has 1 unspecified atom stereocenters. The van der Waals surface area contributed by atoms with Gasteiger partial charge in [-0.1, -0.05) is 0 Å². The largest absolute Gasteiger partial charge is 0.317 e. The van der Waals surface area contributed by atoms with E-state index in [-0.39, 0.29) is 0 Å². The number of aromatic nitrogens is 1. The Kier molecular flexibility index (Phi) is 3.19. The van der Waals surface area contributed by atoms with Gasteiger partial charge in [-0.25, -0.2) is 4.98 Å². The summed E-state index contributed by atoms with van der Waals surface area (Å²) in [6, 6.07) is 0. The average Bonchev–Trinajstić information content (AvgIpc) is 2.80. The standard InChI is InChI=1S/C13H21N3S/c1-10-16-9-12(17-10)8-15-7-11-6-13(11)2-4-14-5-3-13/h9,11,14-15H,2-8H2,1H3. The van der Waals surface area contributed by atoms with Crippen molar-refractivity contribution in [2.24, 2.45) is 11.3 Å². The first kappa shape index (κ1) is 11.6. The summed E-state index contributed by atoms with van der Waals surface area (Å²) < 4.78 is 0. The summed E-state index contributed by atoms with van der Waals surface area (Å²) in [6.45, 7) is 6.71. The van der Waals surface area contributed by atoms with Gasteiger partial charge in [0.2, 0.25) is 0 Å². The molecule has 1 aromatic rings. The van der Waals surface area contributed by atoms with E-state index in [1.165, 1.54) is 48.8 Å². The number of nitrogens with one attached hydrogen (secondary N) is 2. The molecule has 1 saturated carbocycles. The second-order valence-corrected chi connectivity index (χ2v) is 6.81. The third-order valence-corrected chi connectivity index (χ3v) is 5.23. The minimum atomic E-state index is 0.710. The van der Waals surface area contributed by atoms with E-state index in [0.29, 0.717) is 5.41 Å². The number of thiazole rings is 1. The molecule has 3 rings (SSSR count). The van der Waals surface area contributed by atoms with Crippen LogP contribution in [0.5, 0.6) is 0 Å². The average molecular weight is 251 g/mol. The Morgan fingerprint density at radius 3 is 3.06 bits per heavy atom. The lowest BCUT2D eigenvalue weighted by molar-refractivity contribution is 0.319. The van der Waals surface area contributed by atoms with Crippen LogP contribution >= 0.6 is 11.3 Å². The highest BCUT2D eigenvalue weighted by molar-refractivity contribution is 7.11. The lowest BCUT2D eigenvalue weighted by Gasteiger charge is -2.23. The molecule has 0 bridgehead atoms. The normalized spacial score (nSPS) is 26.3. The smallest absolute Gasteiger partial charge is 0.0897 e. The third-order valence-electron chi connectivity index (χ3n) is 4.32. The van der Waals surface area contributed by atoms with E-state index in [2.05, 4.69) is 22.5 Å². The predicted octanol–water partition coefficient (Wildman–Crippen LogP) is 1.93. The van der Waals surface area contributed by atoms with E-state index in [1.807, 2.05) is 6.20 Å². The lowest BCUT2D eigenvalue weighted by atomic mass is 9.92. The Morgan fingerprint density at radius 2 is 2.35 bits per heavy atom. The molecule has 0 radical (unpaired) electrons. The molecule has 1 aromatic heterocycles. The summed E-state index contributed by atoms with van der Waals surface area (Å²) >= 11 is 1.80. The number of nitrogens with zero attached hydrogens (tertiary/aromatic N) is 1. The van der Waals surface area contributed by atoms with E-state index < -0.39 is 0 Å². The Morgan fingerprint density at radius 1 is 1.53 bits per heavy atom. The first-order valence-electron chi connectivity index (χ1n) is 6.61. The van der Waals surface area contributed by atoms with Gasteiger partial charge in [-0.15, -0.1) is 11.3 Å². The van der Waals surface area contributed by atoms with Gasteiger partial charge in [0.1, 0.15) is 0 Å². The molecular formula is C13H21N3S. The number of hydrogen-bond acceptors (Lipinski definition) is 4. The zero-order chi connectivity index (χ0) is 11.7. The van der Waals surface area contributed by atoms with Crippen molar-refractivity contribution in [1.29, 1.82) is 0 Å². The van der Waals surface area contributed by atoms with Gasteiger partial charge in [0.25, 0.3) is 0 Å². The van der Waals surface area contributed by atoms with Gasteiger partial charge in [0, 0.05) is 17.6 Å². The van der Waals surface area contributed by atoms with Crippen LogP contribution in [0.2, 0.25) is 0 Å². The van der Waals surface area contributed by atoms with Gasteiger partial charge in [-0.05, 0) is 57.2 Å². The third kappa shape index (κ3) is 2.54. The summed E-state index contributed by atoms with van der Waals surface area (Å²) in [6.07, 6.45) is 6.22. The van der Waals surface area contributed by atoms with Gasteiger partial charge in [-0.2, -0.15) is 0 Å². The molecular weight excluding hydrogens is 230 g/mol. The summed E-state index contributed by atoms with van der Waals surface area (Å²) in [4.78, 5) is 5.65. The van der Waals surface area contributed by atoms with Crippen LogP contribution in [0.4, 0.5) is 0 Å². The van der Waals surface area contributed by atoms with Crippen molar-refractivity contribution in [3.63, 3.8) is 0 Å². The highest BCUT2D eigenvalue weighted by atomic mass is 32.1. The predicted molar refractivity (Wildman–Crippen MR) is 71.2 cm³/mol. The Hall–Kier alpha value is -0.450. The maximum absolute atomic E-state index is 4.28. The molecule has 3 nitrogen and oxygen atoms in total. The monoisotopic (exact) mass is 251 g/mol. The Balaban J connectivity index is 1.41. The van der Waals surface area contributed by atoms with Gasteiger partial charge >= 0.3 is 0 Å². The molecule has 4 heteroatoms. The van der Waals surface area contributed by atoms with Crippen LogP contribution in [0.15, 0.2) is 6.20 Å². The van der Waals surface area contributed by atoms with Crippen molar-refractivity contribution in [3.05, 3.63) is 16.1 Å². The van der Waals surface area contributed by atoms with Crippen LogP contribution in [0.3, 0.4) is 0 Å².